The molecule has 8 heteroatoms. The first-order valence-electron chi connectivity index (χ1n) is 7.91. The molecule has 7 nitrogen and oxygen atoms in total. The Morgan fingerprint density at radius 2 is 1.65 bits per heavy atom. The van der Waals surface area contributed by atoms with Crippen LogP contribution >= 0.6 is 11.3 Å². The van der Waals surface area contributed by atoms with Gasteiger partial charge >= 0.3 is 11.1 Å². The molecular formula is C18H14N4O3S. The van der Waals surface area contributed by atoms with Crippen molar-refractivity contribution in [1.29, 1.82) is 0 Å². The van der Waals surface area contributed by atoms with Crippen LogP contribution in [0.5, 0.6) is 0 Å². The van der Waals surface area contributed by atoms with Gasteiger partial charge < -0.3 is 9.09 Å². The molecule has 0 atom stereocenters. The van der Waals surface area contributed by atoms with Crippen molar-refractivity contribution in [3.05, 3.63) is 92.4 Å². The summed E-state index contributed by atoms with van der Waals surface area (Å²) >= 11 is 1.50. The second-order valence-corrected chi connectivity index (χ2v) is 6.59. The number of nitrogens with zero attached hydrogens (tertiary/aromatic N) is 4. The molecule has 0 saturated carbocycles. The van der Waals surface area contributed by atoms with E-state index in [0.29, 0.717) is 12.4 Å². The van der Waals surface area contributed by atoms with Crippen molar-refractivity contribution < 1.29 is 4.52 Å². The Morgan fingerprint density at radius 1 is 0.923 bits per heavy atom. The molecule has 4 aromatic rings. The number of hydrogen-bond donors (Lipinski definition) is 0. The van der Waals surface area contributed by atoms with E-state index in [2.05, 4.69) is 10.1 Å². The molecule has 3 aromatic heterocycles. The predicted molar refractivity (Wildman–Crippen MR) is 97.2 cm³/mol. The molecule has 0 amide bonds. The molecule has 0 bridgehead atoms. The number of hydrogen-bond acceptors (Lipinski definition) is 6. The number of aromatic nitrogens is 4. The van der Waals surface area contributed by atoms with Crippen LogP contribution in [0.1, 0.15) is 11.5 Å². The Labute approximate surface area is 151 Å². The van der Waals surface area contributed by atoms with Crippen molar-refractivity contribution >= 4 is 11.3 Å². The lowest BCUT2D eigenvalue weighted by atomic mass is 10.2. The topological polar surface area (TPSA) is 82.9 Å². The van der Waals surface area contributed by atoms with Crippen LogP contribution in [0.2, 0.25) is 0 Å². The molecule has 0 fully saturated rings. The van der Waals surface area contributed by atoms with E-state index in [1.165, 1.54) is 20.5 Å². The third-order valence-corrected chi connectivity index (χ3v) is 4.71. The monoisotopic (exact) mass is 366 g/mol. The molecule has 0 aliphatic rings. The smallest absolute Gasteiger partial charge is 0.316 e. The summed E-state index contributed by atoms with van der Waals surface area (Å²) in [6, 6.07) is 13.3. The second kappa shape index (κ2) is 6.93. The normalized spacial score (nSPS) is 10.9. The molecule has 0 N–H and O–H groups in total. The standard InChI is InChI=1S/C18H14N4O3S/c23-17-18(24)22(9-8-21(17)11-13-5-2-1-3-6-13)12-15-19-16(20-25-15)14-7-4-10-26-14/h1-10H,11-12H2. The van der Waals surface area contributed by atoms with Gasteiger partial charge in [0.2, 0.25) is 11.7 Å². The molecular weight excluding hydrogens is 352 g/mol. The van der Waals surface area contributed by atoms with E-state index in [1.807, 2.05) is 47.8 Å². The molecule has 0 saturated heterocycles. The van der Waals surface area contributed by atoms with Gasteiger partial charge in [-0.2, -0.15) is 4.98 Å². The van der Waals surface area contributed by atoms with Gasteiger partial charge in [0.25, 0.3) is 0 Å². The number of thiophene rings is 1. The Balaban J connectivity index is 1.57. The van der Waals surface area contributed by atoms with Crippen molar-refractivity contribution in [3.8, 4) is 10.7 Å². The van der Waals surface area contributed by atoms with E-state index in [4.69, 9.17) is 4.52 Å². The lowest BCUT2D eigenvalue weighted by molar-refractivity contribution is 0.369. The van der Waals surface area contributed by atoms with Crippen LogP contribution in [0, 0.1) is 0 Å². The maximum Gasteiger partial charge on any atom is 0.316 e. The highest BCUT2D eigenvalue weighted by Gasteiger charge is 2.12. The third kappa shape index (κ3) is 3.27. The van der Waals surface area contributed by atoms with E-state index in [-0.39, 0.29) is 12.4 Å². The van der Waals surface area contributed by atoms with Gasteiger partial charge in [0.05, 0.1) is 11.4 Å². The van der Waals surface area contributed by atoms with Gasteiger partial charge in [0.15, 0.2) is 0 Å². The van der Waals surface area contributed by atoms with E-state index in [0.717, 1.165) is 10.4 Å². The predicted octanol–water partition coefficient (Wildman–Crippen LogP) is 2.22. The highest BCUT2D eigenvalue weighted by atomic mass is 32.1. The summed E-state index contributed by atoms with van der Waals surface area (Å²) in [6.07, 6.45) is 3.15. The second-order valence-electron chi connectivity index (χ2n) is 5.64. The summed E-state index contributed by atoms with van der Waals surface area (Å²) in [5, 5.41) is 5.82. The zero-order valence-corrected chi connectivity index (χ0v) is 14.4. The average molecular weight is 366 g/mol. The van der Waals surface area contributed by atoms with Crippen LogP contribution in [-0.4, -0.2) is 19.3 Å². The third-order valence-electron chi connectivity index (χ3n) is 3.84. The van der Waals surface area contributed by atoms with E-state index in [9.17, 15) is 9.59 Å². The molecule has 130 valence electrons. The minimum Gasteiger partial charge on any atom is -0.337 e. The van der Waals surface area contributed by atoms with Gasteiger partial charge in [-0.15, -0.1) is 11.3 Å². The average Bonchev–Trinajstić information content (AvgIpc) is 3.34. The van der Waals surface area contributed by atoms with Crippen LogP contribution in [0.3, 0.4) is 0 Å². The highest BCUT2D eigenvalue weighted by Crippen LogP contribution is 2.21. The van der Waals surface area contributed by atoms with E-state index in [1.54, 1.807) is 12.4 Å². The highest BCUT2D eigenvalue weighted by molar-refractivity contribution is 7.13. The molecule has 3 heterocycles. The van der Waals surface area contributed by atoms with Crippen LogP contribution in [0.15, 0.2) is 74.4 Å². The molecule has 1 aromatic carbocycles. The summed E-state index contributed by atoms with van der Waals surface area (Å²) in [4.78, 5) is 29.9. The molecule has 0 aliphatic heterocycles. The molecule has 0 aliphatic carbocycles. The Kier molecular flexibility index (Phi) is 4.32. The summed E-state index contributed by atoms with van der Waals surface area (Å²) in [5.74, 6) is 0.746. The van der Waals surface area contributed by atoms with E-state index >= 15 is 0 Å². The van der Waals surface area contributed by atoms with Gasteiger partial charge in [-0.25, -0.2) is 0 Å². The zero-order valence-electron chi connectivity index (χ0n) is 13.6. The summed E-state index contributed by atoms with van der Waals surface area (Å²) in [6.45, 7) is 0.400. The molecule has 0 spiro atoms. The minimum absolute atomic E-state index is 0.0542. The van der Waals surface area contributed by atoms with Gasteiger partial charge in [-0.1, -0.05) is 41.6 Å². The Morgan fingerprint density at radius 3 is 2.35 bits per heavy atom. The van der Waals surface area contributed by atoms with Crippen molar-refractivity contribution in [2.24, 2.45) is 0 Å². The summed E-state index contributed by atoms with van der Waals surface area (Å²) in [7, 11) is 0. The summed E-state index contributed by atoms with van der Waals surface area (Å²) in [5.41, 5.74) is -0.266. The largest absolute Gasteiger partial charge is 0.337 e. The van der Waals surface area contributed by atoms with Gasteiger partial charge in [-0.3, -0.25) is 14.2 Å². The zero-order chi connectivity index (χ0) is 17.9. The van der Waals surface area contributed by atoms with E-state index < -0.39 is 11.1 Å². The first-order valence-corrected chi connectivity index (χ1v) is 8.79. The molecule has 26 heavy (non-hydrogen) atoms. The maximum absolute atomic E-state index is 12.4. The SMILES string of the molecule is O=c1c(=O)n(Cc2nc(-c3cccs3)no2)ccn1Cc1ccccc1. The maximum atomic E-state index is 12.4. The Bertz CT molecular complexity index is 1130. The van der Waals surface area contributed by atoms with Crippen LogP contribution in [0.25, 0.3) is 10.7 Å². The first-order chi connectivity index (χ1) is 12.7. The molecule has 0 radical (unpaired) electrons. The van der Waals surface area contributed by atoms with Crippen molar-refractivity contribution in [2.45, 2.75) is 13.1 Å². The van der Waals surface area contributed by atoms with Gasteiger partial charge in [0.1, 0.15) is 6.54 Å². The van der Waals surface area contributed by atoms with Crippen LogP contribution < -0.4 is 11.1 Å². The fraction of sp³-hybridized carbons (Fsp3) is 0.111. The van der Waals surface area contributed by atoms with Crippen LogP contribution in [0.4, 0.5) is 0 Å². The fourth-order valence-corrected chi connectivity index (χ4v) is 3.19. The van der Waals surface area contributed by atoms with Gasteiger partial charge in [0, 0.05) is 12.4 Å². The van der Waals surface area contributed by atoms with Crippen molar-refractivity contribution in [3.63, 3.8) is 0 Å². The number of benzene rings is 1. The molecule has 4 rings (SSSR count). The molecule has 0 unspecified atom stereocenters. The fourth-order valence-electron chi connectivity index (χ4n) is 2.54. The summed E-state index contributed by atoms with van der Waals surface area (Å²) < 4.78 is 7.85. The Hall–Kier alpha value is -3.26. The minimum atomic E-state index is -0.626. The lowest BCUT2D eigenvalue weighted by Crippen LogP contribution is -2.40. The van der Waals surface area contributed by atoms with Gasteiger partial charge in [-0.05, 0) is 17.0 Å². The lowest BCUT2D eigenvalue weighted by Gasteiger charge is -2.07. The first kappa shape index (κ1) is 16.2. The quantitative estimate of drug-likeness (QED) is 0.506. The van der Waals surface area contributed by atoms with Crippen molar-refractivity contribution in [2.75, 3.05) is 0 Å². The van der Waals surface area contributed by atoms with Crippen LogP contribution in [-0.2, 0) is 13.1 Å². The van der Waals surface area contributed by atoms with Crippen molar-refractivity contribution in [1.82, 2.24) is 19.3 Å². The number of rotatable bonds is 5.